The van der Waals surface area contributed by atoms with Gasteiger partial charge < -0.3 is 10.2 Å². The highest BCUT2D eigenvalue weighted by molar-refractivity contribution is 6.04. The van der Waals surface area contributed by atoms with Crippen molar-refractivity contribution in [3.8, 4) is 0 Å². The van der Waals surface area contributed by atoms with Crippen LogP contribution in [-0.2, 0) is 11.2 Å². The molecular formula is C20H21FN2O2. The molecule has 0 aliphatic carbocycles. The molecule has 1 heterocycles. The van der Waals surface area contributed by atoms with Gasteiger partial charge in [-0.15, -0.1) is 0 Å². The van der Waals surface area contributed by atoms with Crippen molar-refractivity contribution in [2.45, 2.75) is 25.7 Å². The Morgan fingerprint density at radius 2 is 1.72 bits per heavy atom. The summed E-state index contributed by atoms with van der Waals surface area (Å²) in [7, 11) is 0. The molecule has 2 amide bonds. The van der Waals surface area contributed by atoms with Crippen molar-refractivity contribution in [1.82, 2.24) is 4.90 Å². The third-order valence-corrected chi connectivity index (χ3v) is 4.36. The third-order valence-electron chi connectivity index (χ3n) is 4.36. The molecule has 0 bridgehead atoms. The van der Waals surface area contributed by atoms with E-state index in [9.17, 15) is 14.0 Å². The molecule has 25 heavy (non-hydrogen) atoms. The van der Waals surface area contributed by atoms with Crippen molar-refractivity contribution in [1.29, 1.82) is 0 Å². The summed E-state index contributed by atoms with van der Waals surface area (Å²) in [5.41, 5.74) is 1.80. The molecule has 0 radical (unpaired) electrons. The Morgan fingerprint density at radius 1 is 1.00 bits per heavy atom. The van der Waals surface area contributed by atoms with Gasteiger partial charge in [0.2, 0.25) is 5.91 Å². The molecule has 3 rings (SSSR count). The van der Waals surface area contributed by atoms with E-state index in [-0.39, 0.29) is 17.4 Å². The summed E-state index contributed by atoms with van der Waals surface area (Å²) in [5, 5.41) is 2.73. The van der Waals surface area contributed by atoms with E-state index < -0.39 is 5.82 Å². The van der Waals surface area contributed by atoms with E-state index in [0.29, 0.717) is 12.1 Å². The van der Waals surface area contributed by atoms with Crippen LogP contribution in [0.2, 0.25) is 0 Å². The van der Waals surface area contributed by atoms with Crippen LogP contribution in [0.25, 0.3) is 0 Å². The Bertz CT molecular complexity index is 753. The summed E-state index contributed by atoms with van der Waals surface area (Å²) in [6, 6.07) is 12.7. The molecule has 1 fully saturated rings. The number of amides is 2. The zero-order valence-corrected chi connectivity index (χ0v) is 14.0. The lowest BCUT2D eigenvalue weighted by Crippen LogP contribution is -2.36. The number of piperidine rings is 1. The second-order valence-electron chi connectivity index (χ2n) is 6.28. The zero-order valence-electron chi connectivity index (χ0n) is 14.0. The van der Waals surface area contributed by atoms with Crippen molar-refractivity contribution < 1.29 is 14.0 Å². The van der Waals surface area contributed by atoms with Crippen LogP contribution < -0.4 is 5.32 Å². The molecule has 130 valence electrons. The predicted octanol–water partition coefficient (Wildman–Crippen LogP) is 3.63. The Labute approximate surface area is 146 Å². The number of likely N-dealkylation sites (tertiary alicyclic amines) is 1. The van der Waals surface area contributed by atoms with Gasteiger partial charge in [0.25, 0.3) is 5.91 Å². The van der Waals surface area contributed by atoms with Crippen molar-refractivity contribution in [3.63, 3.8) is 0 Å². The summed E-state index contributed by atoms with van der Waals surface area (Å²) in [5.74, 6) is -0.660. The molecule has 1 aliphatic rings. The molecule has 1 N–H and O–H groups in total. The van der Waals surface area contributed by atoms with Gasteiger partial charge in [0, 0.05) is 24.3 Å². The standard InChI is InChI=1S/C20H21FN2O2/c21-17-6-4-5-16(14-17)20(25)22-18-9-7-15(8-10-18)13-19(24)23-11-2-1-3-12-23/h4-10,14H,1-3,11-13H2,(H,22,25). The maximum atomic E-state index is 13.2. The van der Waals surface area contributed by atoms with E-state index in [0.717, 1.165) is 31.5 Å². The van der Waals surface area contributed by atoms with Gasteiger partial charge in [-0.2, -0.15) is 0 Å². The molecule has 0 saturated carbocycles. The fourth-order valence-electron chi connectivity index (χ4n) is 2.97. The van der Waals surface area contributed by atoms with Crippen LogP contribution in [0.1, 0.15) is 35.2 Å². The minimum atomic E-state index is -0.445. The second-order valence-corrected chi connectivity index (χ2v) is 6.28. The average Bonchev–Trinajstić information content (AvgIpc) is 2.64. The summed E-state index contributed by atoms with van der Waals surface area (Å²) in [6.07, 6.45) is 3.73. The van der Waals surface area contributed by atoms with Gasteiger partial charge in [0.1, 0.15) is 5.82 Å². The number of halogens is 1. The van der Waals surface area contributed by atoms with E-state index in [1.54, 1.807) is 18.2 Å². The molecule has 0 unspecified atom stereocenters. The highest BCUT2D eigenvalue weighted by atomic mass is 19.1. The molecule has 0 spiro atoms. The summed E-state index contributed by atoms with van der Waals surface area (Å²) in [4.78, 5) is 26.3. The smallest absolute Gasteiger partial charge is 0.255 e. The predicted molar refractivity (Wildman–Crippen MR) is 94.9 cm³/mol. The molecule has 4 nitrogen and oxygen atoms in total. The Hall–Kier alpha value is -2.69. The third kappa shape index (κ3) is 4.66. The van der Waals surface area contributed by atoms with Gasteiger partial charge in [-0.3, -0.25) is 9.59 Å². The largest absolute Gasteiger partial charge is 0.342 e. The van der Waals surface area contributed by atoms with Gasteiger partial charge in [0.05, 0.1) is 6.42 Å². The van der Waals surface area contributed by atoms with Crippen LogP contribution in [0, 0.1) is 5.82 Å². The first kappa shape index (κ1) is 17.1. The molecule has 0 aromatic heterocycles. The number of nitrogens with one attached hydrogen (secondary N) is 1. The molecule has 0 atom stereocenters. The number of nitrogens with zero attached hydrogens (tertiary/aromatic N) is 1. The number of carbonyl (C=O) groups is 2. The number of rotatable bonds is 4. The van der Waals surface area contributed by atoms with Crippen molar-refractivity contribution in [3.05, 3.63) is 65.5 Å². The summed E-state index contributed by atoms with van der Waals surface area (Å²) < 4.78 is 13.2. The van der Waals surface area contributed by atoms with Crippen LogP contribution in [-0.4, -0.2) is 29.8 Å². The minimum Gasteiger partial charge on any atom is -0.342 e. The lowest BCUT2D eigenvalue weighted by Gasteiger charge is -2.26. The first-order valence-electron chi connectivity index (χ1n) is 8.55. The fourth-order valence-corrected chi connectivity index (χ4v) is 2.97. The molecule has 2 aromatic carbocycles. The lowest BCUT2D eigenvalue weighted by molar-refractivity contribution is -0.131. The van der Waals surface area contributed by atoms with Crippen LogP contribution >= 0.6 is 0 Å². The summed E-state index contributed by atoms with van der Waals surface area (Å²) in [6.45, 7) is 1.70. The maximum Gasteiger partial charge on any atom is 0.255 e. The van der Waals surface area contributed by atoms with E-state index in [4.69, 9.17) is 0 Å². The van der Waals surface area contributed by atoms with Crippen LogP contribution in [0.5, 0.6) is 0 Å². The maximum absolute atomic E-state index is 13.2. The van der Waals surface area contributed by atoms with Crippen molar-refractivity contribution >= 4 is 17.5 Å². The minimum absolute atomic E-state index is 0.149. The highest BCUT2D eigenvalue weighted by Crippen LogP contribution is 2.15. The van der Waals surface area contributed by atoms with Crippen molar-refractivity contribution in [2.24, 2.45) is 0 Å². The van der Waals surface area contributed by atoms with Crippen LogP contribution in [0.4, 0.5) is 10.1 Å². The van der Waals surface area contributed by atoms with E-state index in [1.165, 1.54) is 24.6 Å². The molecular weight excluding hydrogens is 319 g/mol. The monoisotopic (exact) mass is 340 g/mol. The van der Waals surface area contributed by atoms with Crippen LogP contribution in [0.15, 0.2) is 48.5 Å². The molecule has 1 saturated heterocycles. The van der Waals surface area contributed by atoms with E-state index >= 15 is 0 Å². The van der Waals surface area contributed by atoms with Gasteiger partial charge in [-0.1, -0.05) is 18.2 Å². The topological polar surface area (TPSA) is 49.4 Å². The Balaban J connectivity index is 1.58. The number of carbonyl (C=O) groups excluding carboxylic acids is 2. The zero-order chi connectivity index (χ0) is 17.6. The average molecular weight is 340 g/mol. The molecule has 1 aliphatic heterocycles. The van der Waals surface area contributed by atoms with Gasteiger partial charge in [-0.25, -0.2) is 4.39 Å². The molecule has 2 aromatic rings. The SMILES string of the molecule is O=C(Nc1ccc(CC(=O)N2CCCCC2)cc1)c1cccc(F)c1. The Morgan fingerprint density at radius 3 is 2.40 bits per heavy atom. The number of hydrogen-bond acceptors (Lipinski definition) is 2. The Kier molecular flexibility index (Phi) is 5.43. The van der Waals surface area contributed by atoms with Crippen LogP contribution in [0.3, 0.4) is 0 Å². The fraction of sp³-hybridized carbons (Fsp3) is 0.300. The quantitative estimate of drug-likeness (QED) is 0.924. The lowest BCUT2D eigenvalue weighted by atomic mass is 10.1. The number of benzene rings is 2. The first-order chi connectivity index (χ1) is 12.1. The number of anilines is 1. The van der Waals surface area contributed by atoms with E-state index in [1.807, 2.05) is 17.0 Å². The second kappa shape index (κ2) is 7.92. The normalized spacial score (nSPS) is 14.2. The van der Waals surface area contributed by atoms with Gasteiger partial charge in [0.15, 0.2) is 0 Å². The first-order valence-corrected chi connectivity index (χ1v) is 8.55. The highest BCUT2D eigenvalue weighted by Gasteiger charge is 2.16. The molecule has 5 heteroatoms. The summed E-state index contributed by atoms with van der Waals surface area (Å²) >= 11 is 0. The van der Waals surface area contributed by atoms with Gasteiger partial charge >= 0.3 is 0 Å². The number of hydrogen-bond donors (Lipinski definition) is 1. The van der Waals surface area contributed by atoms with Crippen molar-refractivity contribution in [2.75, 3.05) is 18.4 Å². The van der Waals surface area contributed by atoms with Gasteiger partial charge in [-0.05, 0) is 55.2 Å². The van der Waals surface area contributed by atoms with E-state index in [2.05, 4.69) is 5.32 Å².